The van der Waals surface area contributed by atoms with Crippen LogP contribution in [0.4, 0.5) is 0 Å². The summed E-state index contributed by atoms with van der Waals surface area (Å²) in [4.78, 5) is 0.928. The Labute approximate surface area is 147 Å². The SMILES string of the molecule is COc1ccc(OC[C@H](O)CSc2nnc(-c3cccs3)o2)cc1. The maximum absolute atomic E-state index is 10.0. The van der Waals surface area contributed by atoms with Crippen molar-refractivity contribution in [2.24, 2.45) is 0 Å². The first-order valence-corrected chi connectivity index (χ1v) is 9.06. The van der Waals surface area contributed by atoms with E-state index in [-0.39, 0.29) is 6.61 Å². The van der Waals surface area contributed by atoms with Crippen molar-refractivity contribution in [1.29, 1.82) is 0 Å². The molecule has 0 fully saturated rings. The van der Waals surface area contributed by atoms with E-state index in [0.717, 1.165) is 10.6 Å². The van der Waals surface area contributed by atoms with E-state index in [2.05, 4.69) is 10.2 Å². The molecule has 3 aromatic rings. The fraction of sp³-hybridized carbons (Fsp3) is 0.250. The zero-order chi connectivity index (χ0) is 16.8. The second-order valence-electron chi connectivity index (χ2n) is 4.80. The predicted octanol–water partition coefficient (Wildman–Crippen LogP) is 3.34. The second kappa shape index (κ2) is 8.18. The Hall–Kier alpha value is -2.03. The zero-order valence-electron chi connectivity index (χ0n) is 12.9. The first-order chi connectivity index (χ1) is 11.7. The summed E-state index contributed by atoms with van der Waals surface area (Å²) in [5.41, 5.74) is 0. The normalized spacial score (nSPS) is 12.1. The van der Waals surface area contributed by atoms with Gasteiger partial charge in [-0.1, -0.05) is 17.8 Å². The van der Waals surface area contributed by atoms with Crippen molar-refractivity contribution < 1.29 is 19.0 Å². The molecule has 1 atom stereocenters. The molecule has 0 aliphatic rings. The zero-order valence-corrected chi connectivity index (χ0v) is 14.5. The largest absolute Gasteiger partial charge is 0.497 e. The minimum Gasteiger partial charge on any atom is -0.497 e. The number of nitrogens with zero attached hydrogens (tertiary/aromatic N) is 2. The standard InChI is InChI=1S/C16H16N2O4S2/c1-20-12-4-6-13(7-5-12)21-9-11(19)10-24-16-18-17-15(22-16)14-3-2-8-23-14/h2-8,11,19H,9-10H2,1H3/t11-/m0/s1. The topological polar surface area (TPSA) is 77.6 Å². The highest BCUT2D eigenvalue weighted by Gasteiger charge is 2.13. The molecule has 6 nitrogen and oxygen atoms in total. The fourth-order valence-electron chi connectivity index (χ4n) is 1.85. The molecule has 3 rings (SSSR count). The number of aliphatic hydroxyl groups is 1. The average Bonchev–Trinajstić information content (AvgIpc) is 3.29. The molecular weight excluding hydrogens is 348 g/mol. The summed E-state index contributed by atoms with van der Waals surface area (Å²) in [5, 5.41) is 20.4. The van der Waals surface area contributed by atoms with Gasteiger partial charge in [-0.15, -0.1) is 21.5 Å². The summed E-state index contributed by atoms with van der Waals surface area (Å²) < 4.78 is 16.2. The van der Waals surface area contributed by atoms with Crippen LogP contribution in [-0.2, 0) is 0 Å². The maximum Gasteiger partial charge on any atom is 0.276 e. The van der Waals surface area contributed by atoms with Crippen molar-refractivity contribution in [2.75, 3.05) is 19.5 Å². The summed E-state index contributed by atoms with van der Waals surface area (Å²) in [6.07, 6.45) is -0.644. The minimum atomic E-state index is -0.644. The highest BCUT2D eigenvalue weighted by atomic mass is 32.2. The summed E-state index contributed by atoms with van der Waals surface area (Å²) >= 11 is 2.84. The number of methoxy groups -OCH3 is 1. The molecule has 0 spiro atoms. The third-order valence-corrected chi connectivity index (χ3v) is 4.86. The first kappa shape index (κ1) is 16.8. The van der Waals surface area contributed by atoms with E-state index < -0.39 is 6.10 Å². The number of benzene rings is 1. The van der Waals surface area contributed by atoms with Crippen LogP contribution < -0.4 is 9.47 Å². The summed E-state index contributed by atoms with van der Waals surface area (Å²) in [6, 6.07) is 11.1. The Bertz CT molecular complexity index is 744. The van der Waals surface area contributed by atoms with Crippen LogP contribution >= 0.6 is 23.1 Å². The fourth-order valence-corrected chi connectivity index (χ4v) is 3.16. The minimum absolute atomic E-state index is 0.186. The molecule has 126 valence electrons. The van der Waals surface area contributed by atoms with Gasteiger partial charge in [-0.05, 0) is 35.7 Å². The highest BCUT2D eigenvalue weighted by Crippen LogP contribution is 2.26. The molecule has 24 heavy (non-hydrogen) atoms. The molecule has 0 aliphatic carbocycles. The lowest BCUT2D eigenvalue weighted by atomic mass is 10.3. The number of rotatable bonds is 8. The number of aromatic nitrogens is 2. The van der Waals surface area contributed by atoms with Gasteiger partial charge in [0.2, 0.25) is 0 Å². The highest BCUT2D eigenvalue weighted by molar-refractivity contribution is 7.99. The van der Waals surface area contributed by atoms with Crippen LogP contribution in [0.5, 0.6) is 11.5 Å². The van der Waals surface area contributed by atoms with Gasteiger partial charge in [-0.2, -0.15) is 0 Å². The van der Waals surface area contributed by atoms with Crippen LogP contribution in [0.3, 0.4) is 0 Å². The average molecular weight is 364 g/mol. The van der Waals surface area contributed by atoms with Crippen LogP contribution in [0.25, 0.3) is 10.8 Å². The number of hydrogen-bond donors (Lipinski definition) is 1. The van der Waals surface area contributed by atoms with Crippen molar-refractivity contribution in [1.82, 2.24) is 10.2 Å². The summed E-state index contributed by atoms with van der Waals surface area (Å²) in [6.45, 7) is 0.186. The molecule has 0 saturated heterocycles. The maximum atomic E-state index is 10.0. The van der Waals surface area contributed by atoms with Gasteiger partial charge >= 0.3 is 0 Å². The Morgan fingerprint density at radius 2 is 2.00 bits per heavy atom. The molecule has 0 saturated carbocycles. The number of thiophene rings is 1. The summed E-state index contributed by atoms with van der Waals surface area (Å²) in [7, 11) is 1.61. The lowest BCUT2D eigenvalue weighted by Crippen LogP contribution is -2.20. The van der Waals surface area contributed by atoms with Crippen LogP contribution in [-0.4, -0.2) is 40.9 Å². The van der Waals surface area contributed by atoms with Crippen molar-refractivity contribution in [3.63, 3.8) is 0 Å². The van der Waals surface area contributed by atoms with Gasteiger partial charge in [-0.25, -0.2) is 0 Å². The lowest BCUT2D eigenvalue weighted by Gasteiger charge is -2.11. The molecule has 1 aromatic carbocycles. The molecule has 0 amide bonds. The molecule has 0 unspecified atom stereocenters. The van der Waals surface area contributed by atoms with Gasteiger partial charge in [0.05, 0.1) is 18.1 Å². The van der Waals surface area contributed by atoms with E-state index in [1.165, 1.54) is 23.1 Å². The third-order valence-electron chi connectivity index (χ3n) is 3.04. The Morgan fingerprint density at radius 1 is 1.21 bits per heavy atom. The van der Waals surface area contributed by atoms with Crippen molar-refractivity contribution in [3.05, 3.63) is 41.8 Å². The quantitative estimate of drug-likeness (QED) is 0.614. The molecule has 2 heterocycles. The van der Waals surface area contributed by atoms with E-state index in [0.29, 0.717) is 22.6 Å². The molecular formula is C16H16N2O4S2. The van der Waals surface area contributed by atoms with Gasteiger partial charge in [-0.3, -0.25) is 0 Å². The van der Waals surface area contributed by atoms with Crippen LogP contribution in [0.1, 0.15) is 0 Å². The van der Waals surface area contributed by atoms with Gasteiger partial charge in [0.25, 0.3) is 11.1 Å². The van der Waals surface area contributed by atoms with Crippen molar-refractivity contribution >= 4 is 23.1 Å². The lowest BCUT2D eigenvalue weighted by molar-refractivity contribution is 0.126. The van der Waals surface area contributed by atoms with E-state index in [1.807, 2.05) is 17.5 Å². The van der Waals surface area contributed by atoms with Gasteiger partial charge in [0, 0.05) is 5.75 Å². The van der Waals surface area contributed by atoms with E-state index in [9.17, 15) is 5.11 Å². The number of thioether (sulfide) groups is 1. The van der Waals surface area contributed by atoms with E-state index in [1.54, 1.807) is 31.4 Å². The Morgan fingerprint density at radius 3 is 2.71 bits per heavy atom. The molecule has 0 radical (unpaired) electrons. The second-order valence-corrected chi connectivity index (χ2v) is 6.72. The molecule has 2 aromatic heterocycles. The van der Waals surface area contributed by atoms with Gasteiger partial charge < -0.3 is 19.0 Å². The van der Waals surface area contributed by atoms with Crippen LogP contribution in [0.15, 0.2) is 51.4 Å². The first-order valence-electron chi connectivity index (χ1n) is 7.19. The van der Waals surface area contributed by atoms with Gasteiger partial charge in [0.1, 0.15) is 18.1 Å². The molecule has 0 bridgehead atoms. The molecule has 8 heteroatoms. The number of hydrogen-bond acceptors (Lipinski definition) is 8. The third kappa shape index (κ3) is 4.50. The van der Waals surface area contributed by atoms with Crippen LogP contribution in [0.2, 0.25) is 0 Å². The molecule has 1 N–H and O–H groups in total. The smallest absolute Gasteiger partial charge is 0.276 e. The Kier molecular flexibility index (Phi) is 5.73. The monoisotopic (exact) mass is 364 g/mol. The van der Waals surface area contributed by atoms with Crippen LogP contribution in [0, 0.1) is 0 Å². The van der Waals surface area contributed by atoms with E-state index >= 15 is 0 Å². The van der Waals surface area contributed by atoms with Crippen molar-refractivity contribution in [3.8, 4) is 22.3 Å². The van der Waals surface area contributed by atoms with E-state index in [4.69, 9.17) is 13.9 Å². The predicted molar refractivity (Wildman–Crippen MR) is 92.8 cm³/mol. The van der Waals surface area contributed by atoms with Gasteiger partial charge in [0.15, 0.2) is 0 Å². The summed E-state index contributed by atoms with van der Waals surface area (Å²) in [5.74, 6) is 2.34. The van der Waals surface area contributed by atoms with Crippen molar-refractivity contribution in [2.45, 2.75) is 11.3 Å². The number of ether oxygens (including phenoxy) is 2. The number of aliphatic hydroxyl groups excluding tert-OH is 1. The molecule has 0 aliphatic heterocycles. The Balaban J connectivity index is 1.44.